The van der Waals surface area contributed by atoms with E-state index < -0.39 is 20.4 Å². The number of hydrogen-bond acceptors (Lipinski definition) is 3. The molecule has 2 aromatic rings. The molecule has 0 heterocycles. The summed E-state index contributed by atoms with van der Waals surface area (Å²) in [5.41, 5.74) is 1.21. The molecule has 0 fully saturated rings. The second-order valence-corrected chi connectivity index (χ2v) is 8.89. The van der Waals surface area contributed by atoms with Gasteiger partial charge >= 0.3 is 8.80 Å². The summed E-state index contributed by atoms with van der Waals surface area (Å²) in [5, 5.41) is 0.860. The van der Waals surface area contributed by atoms with E-state index in [4.69, 9.17) is 13.3 Å². The first-order chi connectivity index (χ1) is 13.0. The van der Waals surface area contributed by atoms with Gasteiger partial charge in [0.15, 0.2) is 0 Å². The molecule has 0 spiro atoms. The summed E-state index contributed by atoms with van der Waals surface area (Å²) in [5.74, 6) is -1.19. The molecule has 0 unspecified atom stereocenters. The van der Waals surface area contributed by atoms with Gasteiger partial charge in [-0.1, -0.05) is 45.0 Å². The van der Waals surface area contributed by atoms with Gasteiger partial charge in [0, 0.05) is 31.1 Å². The SMILES string of the molecule is CCCO[Si](OCCC)(OCCC)c1ccc(-c2cc(F)cc(F)c2)cc1. The molecule has 0 aromatic heterocycles. The van der Waals surface area contributed by atoms with Crippen LogP contribution in [-0.4, -0.2) is 28.6 Å². The second kappa shape index (κ2) is 10.7. The van der Waals surface area contributed by atoms with Crippen molar-refractivity contribution in [1.29, 1.82) is 0 Å². The molecule has 0 amide bonds. The highest BCUT2D eigenvalue weighted by molar-refractivity contribution is 6.75. The molecule has 2 aromatic carbocycles. The summed E-state index contributed by atoms with van der Waals surface area (Å²) < 4.78 is 45.4. The van der Waals surface area contributed by atoms with Crippen molar-refractivity contribution in [2.45, 2.75) is 40.0 Å². The summed E-state index contributed by atoms with van der Waals surface area (Å²) in [6, 6.07) is 10.9. The van der Waals surface area contributed by atoms with E-state index in [1.807, 2.05) is 45.0 Å². The highest BCUT2D eigenvalue weighted by atomic mass is 28.4. The Bertz CT molecular complexity index is 665. The quantitative estimate of drug-likeness (QED) is 0.499. The standard InChI is InChI=1S/C21H28F2O3Si/c1-4-11-24-27(25-12-5-2,26-13-6-3)21-9-7-17(8-10-21)18-14-19(22)16-20(23)15-18/h7-10,14-16H,4-6,11-13H2,1-3H3. The van der Waals surface area contributed by atoms with Crippen LogP contribution in [0.25, 0.3) is 11.1 Å². The summed E-state index contributed by atoms with van der Waals surface area (Å²) in [4.78, 5) is 0. The Morgan fingerprint density at radius 2 is 1.11 bits per heavy atom. The van der Waals surface area contributed by atoms with Crippen molar-refractivity contribution < 1.29 is 22.1 Å². The van der Waals surface area contributed by atoms with Crippen LogP contribution < -0.4 is 5.19 Å². The van der Waals surface area contributed by atoms with Gasteiger partial charge in [-0.2, -0.15) is 0 Å². The third-order valence-corrected chi connectivity index (χ3v) is 6.72. The van der Waals surface area contributed by atoms with Gasteiger partial charge in [-0.3, -0.25) is 0 Å². The highest BCUT2D eigenvalue weighted by Gasteiger charge is 2.43. The van der Waals surface area contributed by atoms with Crippen molar-refractivity contribution >= 4 is 14.0 Å². The van der Waals surface area contributed by atoms with Crippen molar-refractivity contribution in [3.8, 4) is 11.1 Å². The van der Waals surface area contributed by atoms with E-state index in [0.717, 1.165) is 36.1 Å². The fourth-order valence-electron chi connectivity index (χ4n) is 2.67. The molecule has 0 N–H and O–H groups in total. The van der Waals surface area contributed by atoms with Crippen molar-refractivity contribution in [2.24, 2.45) is 0 Å². The van der Waals surface area contributed by atoms with Gasteiger partial charge in [0.05, 0.1) is 0 Å². The highest BCUT2D eigenvalue weighted by Crippen LogP contribution is 2.22. The third-order valence-electron chi connectivity index (χ3n) is 3.92. The third kappa shape index (κ3) is 5.94. The molecule has 0 radical (unpaired) electrons. The predicted octanol–water partition coefficient (Wildman–Crippen LogP) is 5.06. The van der Waals surface area contributed by atoms with Crippen molar-refractivity contribution in [3.63, 3.8) is 0 Å². The van der Waals surface area contributed by atoms with Crippen LogP contribution in [0.2, 0.25) is 0 Å². The van der Waals surface area contributed by atoms with Crippen LogP contribution in [0.4, 0.5) is 8.78 Å². The minimum atomic E-state index is -3.03. The fourth-order valence-corrected chi connectivity index (χ4v) is 5.42. The molecule has 6 heteroatoms. The molecule has 0 aliphatic rings. The monoisotopic (exact) mass is 394 g/mol. The van der Waals surface area contributed by atoms with Crippen LogP contribution in [0, 0.1) is 11.6 Å². The molecule has 0 aliphatic carbocycles. The Hall–Kier alpha value is -1.60. The average Bonchev–Trinajstić information content (AvgIpc) is 2.67. The Morgan fingerprint density at radius 3 is 1.52 bits per heavy atom. The molecule has 0 bridgehead atoms. The Morgan fingerprint density at radius 1 is 0.667 bits per heavy atom. The zero-order chi connectivity index (χ0) is 19.7. The summed E-state index contributed by atoms with van der Waals surface area (Å²) in [7, 11) is -3.03. The number of halogens is 2. The van der Waals surface area contributed by atoms with Gasteiger partial charge in [0.1, 0.15) is 11.6 Å². The van der Waals surface area contributed by atoms with Gasteiger partial charge in [-0.05, 0) is 42.5 Å². The van der Waals surface area contributed by atoms with Crippen LogP contribution in [-0.2, 0) is 13.3 Å². The van der Waals surface area contributed by atoms with Gasteiger partial charge in [0.25, 0.3) is 0 Å². The maximum Gasteiger partial charge on any atom is 0.537 e. The van der Waals surface area contributed by atoms with Crippen LogP contribution >= 0.6 is 0 Å². The van der Waals surface area contributed by atoms with E-state index in [0.29, 0.717) is 25.4 Å². The van der Waals surface area contributed by atoms with E-state index >= 15 is 0 Å². The number of hydrogen-bond donors (Lipinski definition) is 0. The van der Waals surface area contributed by atoms with Crippen LogP contribution in [0.1, 0.15) is 40.0 Å². The maximum absolute atomic E-state index is 13.5. The lowest BCUT2D eigenvalue weighted by atomic mass is 10.1. The van der Waals surface area contributed by atoms with E-state index in [-0.39, 0.29) is 0 Å². The summed E-state index contributed by atoms with van der Waals surface area (Å²) in [6.45, 7) is 7.78. The van der Waals surface area contributed by atoms with Gasteiger partial charge in [-0.25, -0.2) is 8.78 Å². The summed E-state index contributed by atoms with van der Waals surface area (Å²) in [6.07, 6.45) is 2.58. The van der Waals surface area contributed by atoms with Crippen LogP contribution in [0.5, 0.6) is 0 Å². The maximum atomic E-state index is 13.5. The van der Waals surface area contributed by atoms with E-state index in [2.05, 4.69) is 0 Å². The Labute approximate surface area is 161 Å². The lowest BCUT2D eigenvalue weighted by molar-refractivity contribution is 0.0732. The second-order valence-electron chi connectivity index (χ2n) is 6.34. The largest absolute Gasteiger partial charge is 0.537 e. The minimum absolute atomic E-state index is 0.491. The predicted molar refractivity (Wildman–Crippen MR) is 106 cm³/mol. The first kappa shape index (κ1) is 21.7. The molecule has 27 heavy (non-hydrogen) atoms. The molecule has 0 saturated carbocycles. The molecule has 0 aliphatic heterocycles. The van der Waals surface area contributed by atoms with E-state index in [1.165, 1.54) is 12.1 Å². The Kier molecular flexibility index (Phi) is 8.56. The molecular weight excluding hydrogens is 366 g/mol. The molecule has 0 saturated heterocycles. The van der Waals surface area contributed by atoms with Crippen LogP contribution in [0.3, 0.4) is 0 Å². The fraction of sp³-hybridized carbons (Fsp3) is 0.429. The van der Waals surface area contributed by atoms with E-state index in [9.17, 15) is 8.78 Å². The first-order valence-electron chi connectivity index (χ1n) is 9.53. The van der Waals surface area contributed by atoms with E-state index in [1.54, 1.807) is 0 Å². The minimum Gasteiger partial charge on any atom is -0.370 e. The number of rotatable bonds is 11. The Balaban J connectivity index is 2.36. The number of benzene rings is 2. The molecule has 0 atom stereocenters. The molecular formula is C21H28F2O3Si. The molecule has 3 nitrogen and oxygen atoms in total. The van der Waals surface area contributed by atoms with Gasteiger partial charge in [0.2, 0.25) is 0 Å². The van der Waals surface area contributed by atoms with Crippen molar-refractivity contribution in [1.82, 2.24) is 0 Å². The van der Waals surface area contributed by atoms with Crippen molar-refractivity contribution in [2.75, 3.05) is 19.8 Å². The zero-order valence-electron chi connectivity index (χ0n) is 16.3. The summed E-state index contributed by atoms with van der Waals surface area (Å²) >= 11 is 0. The lowest BCUT2D eigenvalue weighted by Crippen LogP contribution is -2.57. The lowest BCUT2D eigenvalue weighted by Gasteiger charge is -2.30. The van der Waals surface area contributed by atoms with Crippen LogP contribution in [0.15, 0.2) is 42.5 Å². The molecule has 2 rings (SSSR count). The first-order valence-corrected chi connectivity index (χ1v) is 11.3. The van der Waals surface area contributed by atoms with Gasteiger partial charge < -0.3 is 13.3 Å². The van der Waals surface area contributed by atoms with Crippen molar-refractivity contribution in [3.05, 3.63) is 54.1 Å². The average molecular weight is 395 g/mol. The normalized spacial score (nSPS) is 11.7. The smallest absolute Gasteiger partial charge is 0.370 e. The van der Waals surface area contributed by atoms with Gasteiger partial charge in [-0.15, -0.1) is 0 Å². The zero-order valence-corrected chi connectivity index (χ0v) is 17.3. The topological polar surface area (TPSA) is 27.7 Å². The molecule has 148 valence electrons.